The molecule has 0 amide bonds. The first-order valence-corrected chi connectivity index (χ1v) is 19.9. The van der Waals surface area contributed by atoms with Gasteiger partial charge in [0.2, 0.25) is 0 Å². The Labute approximate surface area is 334 Å². The lowest BCUT2D eigenvalue weighted by Gasteiger charge is -2.30. The minimum absolute atomic E-state index is 0.113. The highest BCUT2D eigenvalue weighted by molar-refractivity contribution is 5.99. The molecule has 0 fully saturated rings. The highest BCUT2D eigenvalue weighted by Crippen LogP contribution is 2.56. The molecule has 2 aliphatic rings. The largest absolute Gasteiger partial charge is 0.228 e. The Hall–Kier alpha value is -6.90. The molecule has 270 valence electrons. The van der Waals surface area contributed by atoms with Crippen LogP contribution in [0.2, 0.25) is 0 Å². The molecule has 2 nitrogen and oxygen atoms in total. The van der Waals surface area contributed by atoms with E-state index in [4.69, 9.17) is 9.97 Å². The summed E-state index contributed by atoms with van der Waals surface area (Å²) in [7, 11) is 0. The van der Waals surface area contributed by atoms with E-state index in [2.05, 4.69) is 203 Å². The summed E-state index contributed by atoms with van der Waals surface area (Å²) >= 11 is 0. The second-order valence-electron chi connectivity index (χ2n) is 16.3. The van der Waals surface area contributed by atoms with E-state index in [0.717, 1.165) is 28.1 Å². The Morgan fingerprint density at radius 3 is 1.77 bits per heavy atom. The minimum atomic E-state index is -0.370. The lowest BCUT2D eigenvalue weighted by molar-refractivity contribution is 0.661. The number of rotatable bonds is 5. The average molecular weight is 729 g/mol. The molecular formula is C55H40N2. The van der Waals surface area contributed by atoms with Crippen molar-refractivity contribution >= 4 is 10.8 Å². The lowest BCUT2D eigenvalue weighted by Crippen LogP contribution is -2.23. The monoisotopic (exact) mass is 728 g/mol. The first-order chi connectivity index (χ1) is 27.9. The predicted molar refractivity (Wildman–Crippen MR) is 236 cm³/mol. The van der Waals surface area contributed by atoms with Crippen molar-refractivity contribution in [1.29, 1.82) is 0 Å². The van der Waals surface area contributed by atoms with Gasteiger partial charge in [-0.3, -0.25) is 0 Å². The van der Waals surface area contributed by atoms with Crippen LogP contribution >= 0.6 is 0 Å². The Balaban J connectivity index is 1.11. The van der Waals surface area contributed by atoms with Crippen molar-refractivity contribution in [2.45, 2.75) is 31.6 Å². The highest BCUT2D eigenvalue weighted by Gasteiger charge is 2.43. The number of benzene rings is 8. The smallest absolute Gasteiger partial charge is 0.160 e. The molecule has 0 spiro atoms. The molecule has 1 atom stereocenters. The maximum atomic E-state index is 5.38. The molecule has 1 heterocycles. The van der Waals surface area contributed by atoms with Gasteiger partial charge >= 0.3 is 0 Å². The van der Waals surface area contributed by atoms with Crippen molar-refractivity contribution in [3.63, 3.8) is 0 Å². The summed E-state index contributed by atoms with van der Waals surface area (Å²) in [6, 6.07) is 68.4. The number of hydrogen-bond acceptors (Lipinski definition) is 2. The summed E-state index contributed by atoms with van der Waals surface area (Å²) in [5, 5.41) is 2.55. The molecule has 0 aliphatic heterocycles. The van der Waals surface area contributed by atoms with Gasteiger partial charge in [-0.25, -0.2) is 9.97 Å². The molecule has 0 saturated heterocycles. The van der Waals surface area contributed by atoms with Gasteiger partial charge in [0.1, 0.15) is 0 Å². The summed E-state index contributed by atoms with van der Waals surface area (Å²) in [6.07, 6.45) is 0. The SMILES string of the molecule is CC1(C)c2cc3ccccc3cc2-c2c(-c3cccc(-c4cc(-c5cccc6c5C(C)(c5ccccc5)c5ccccc5-6)nc(-c5ccccc5)n4)c3)cccc21. The van der Waals surface area contributed by atoms with Crippen molar-refractivity contribution in [1.82, 2.24) is 9.97 Å². The Kier molecular flexibility index (Phi) is 7.37. The second-order valence-corrected chi connectivity index (χ2v) is 16.3. The van der Waals surface area contributed by atoms with Crippen molar-refractivity contribution in [2.24, 2.45) is 0 Å². The molecule has 0 saturated carbocycles. The van der Waals surface area contributed by atoms with Crippen molar-refractivity contribution in [3.8, 4) is 67.3 Å². The molecular weight excluding hydrogens is 689 g/mol. The molecule has 1 unspecified atom stereocenters. The maximum Gasteiger partial charge on any atom is 0.160 e. The number of fused-ring (bicyclic) bond motifs is 7. The van der Waals surface area contributed by atoms with E-state index in [1.54, 1.807) is 0 Å². The van der Waals surface area contributed by atoms with Crippen LogP contribution in [0, 0.1) is 0 Å². The molecule has 8 aromatic carbocycles. The molecule has 11 rings (SSSR count). The molecule has 0 radical (unpaired) electrons. The van der Waals surface area contributed by atoms with Crippen LogP contribution in [0.4, 0.5) is 0 Å². The molecule has 0 N–H and O–H groups in total. The molecule has 57 heavy (non-hydrogen) atoms. The third-order valence-corrected chi connectivity index (χ3v) is 12.7. The van der Waals surface area contributed by atoms with Crippen LogP contribution in [-0.4, -0.2) is 9.97 Å². The standard InChI is InChI=1S/C55H40N2/c1-54(2)47-30-16-26-41(51(47)45-32-36-19-10-11-20-37(36)33-48(45)54)38-21-14-22-39(31-38)49-34-50(57-53(56-49)35-17-6-4-7-18-35)44-28-15-27-43-42-25-12-13-29-46(42)55(3,52(43)44)40-23-8-5-9-24-40/h4-34H,1-3H3. The van der Waals surface area contributed by atoms with Gasteiger partial charge in [0.05, 0.1) is 11.4 Å². The summed E-state index contributed by atoms with van der Waals surface area (Å²) in [4.78, 5) is 10.7. The van der Waals surface area contributed by atoms with Crippen LogP contribution in [-0.2, 0) is 10.8 Å². The zero-order valence-corrected chi connectivity index (χ0v) is 32.3. The Morgan fingerprint density at radius 1 is 0.368 bits per heavy atom. The van der Waals surface area contributed by atoms with E-state index >= 15 is 0 Å². The third-order valence-electron chi connectivity index (χ3n) is 12.7. The van der Waals surface area contributed by atoms with Crippen molar-refractivity contribution in [3.05, 3.63) is 216 Å². The van der Waals surface area contributed by atoms with Gasteiger partial charge in [0, 0.05) is 27.5 Å². The van der Waals surface area contributed by atoms with E-state index in [0.29, 0.717) is 5.82 Å². The topological polar surface area (TPSA) is 25.8 Å². The third kappa shape index (κ3) is 5.03. The van der Waals surface area contributed by atoms with Crippen LogP contribution in [0.1, 0.15) is 48.6 Å². The maximum absolute atomic E-state index is 5.38. The van der Waals surface area contributed by atoms with Gasteiger partial charge in [-0.15, -0.1) is 0 Å². The van der Waals surface area contributed by atoms with Gasteiger partial charge in [0.15, 0.2) is 5.82 Å². The van der Waals surface area contributed by atoms with Crippen LogP contribution in [0.5, 0.6) is 0 Å². The zero-order chi connectivity index (χ0) is 38.3. The summed E-state index contributed by atoms with van der Waals surface area (Å²) in [5.41, 5.74) is 18.7. The fourth-order valence-electron chi connectivity index (χ4n) is 9.90. The first kappa shape index (κ1) is 33.4. The quantitative estimate of drug-likeness (QED) is 0.176. The number of hydrogen-bond donors (Lipinski definition) is 0. The summed E-state index contributed by atoms with van der Waals surface area (Å²) in [5.74, 6) is 0.714. The van der Waals surface area contributed by atoms with E-state index < -0.39 is 0 Å². The highest BCUT2D eigenvalue weighted by atomic mass is 14.9. The van der Waals surface area contributed by atoms with Gasteiger partial charge in [-0.05, 0) is 103 Å². The number of aromatic nitrogens is 2. The average Bonchev–Trinajstić information content (AvgIpc) is 3.67. The summed E-state index contributed by atoms with van der Waals surface area (Å²) in [6.45, 7) is 7.10. The van der Waals surface area contributed by atoms with Gasteiger partial charge < -0.3 is 0 Å². The van der Waals surface area contributed by atoms with E-state index in [1.165, 1.54) is 72.0 Å². The molecule has 2 heteroatoms. The van der Waals surface area contributed by atoms with E-state index in [-0.39, 0.29) is 10.8 Å². The summed E-state index contributed by atoms with van der Waals surface area (Å²) < 4.78 is 0. The van der Waals surface area contributed by atoms with Crippen LogP contribution < -0.4 is 0 Å². The van der Waals surface area contributed by atoms with Crippen LogP contribution in [0.3, 0.4) is 0 Å². The van der Waals surface area contributed by atoms with Crippen molar-refractivity contribution in [2.75, 3.05) is 0 Å². The second kappa shape index (κ2) is 12.6. The van der Waals surface area contributed by atoms with Crippen LogP contribution in [0.25, 0.3) is 78.1 Å². The molecule has 2 aliphatic carbocycles. The van der Waals surface area contributed by atoms with Crippen molar-refractivity contribution < 1.29 is 0 Å². The normalized spacial score (nSPS) is 15.8. The number of nitrogens with zero attached hydrogens (tertiary/aromatic N) is 2. The molecule has 9 aromatic rings. The molecule has 0 bridgehead atoms. The Morgan fingerprint density at radius 2 is 0.947 bits per heavy atom. The Bertz CT molecular complexity index is 3050. The van der Waals surface area contributed by atoms with Gasteiger partial charge in [0.25, 0.3) is 0 Å². The predicted octanol–water partition coefficient (Wildman–Crippen LogP) is 13.9. The first-order valence-electron chi connectivity index (χ1n) is 19.9. The van der Waals surface area contributed by atoms with Crippen LogP contribution in [0.15, 0.2) is 188 Å². The fourth-order valence-corrected chi connectivity index (χ4v) is 9.90. The zero-order valence-electron chi connectivity index (χ0n) is 32.3. The van der Waals surface area contributed by atoms with Gasteiger partial charge in [-0.1, -0.05) is 178 Å². The van der Waals surface area contributed by atoms with Gasteiger partial charge in [-0.2, -0.15) is 0 Å². The lowest BCUT2D eigenvalue weighted by atomic mass is 9.72. The van der Waals surface area contributed by atoms with E-state index in [1.807, 2.05) is 6.07 Å². The van der Waals surface area contributed by atoms with E-state index in [9.17, 15) is 0 Å². The fraction of sp³-hybridized carbons (Fsp3) is 0.0909. The minimum Gasteiger partial charge on any atom is -0.228 e. The molecule has 1 aromatic heterocycles.